The lowest BCUT2D eigenvalue weighted by molar-refractivity contribution is -0.146. The Kier molecular flexibility index (Phi) is 6.28. The maximum Gasteiger partial charge on any atom is 0.311 e. The number of carbonyl (C=O) groups is 1. The maximum absolute atomic E-state index is 12.8. The van der Waals surface area contributed by atoms with E-state index in [0.717, 1.165) is 28.9 Å². The normalized spacial score (nSPS) is 15.8. The first-order valence-electron chi connectivity index (χ1n) is 10.5. The molecule has 0 aliphatic carbocycles. The quantitative estimate of drug-likeness (QED) is 0.505. The van der Waals surface area contributed by atoms with Crippen molar-refractivity contribution in [2.24, 2.45) is 10.9 Å². The van der Waals surface area contributed by atoms with Crippen LogP contribution in [0.1, 0.15) is 48.6 Å². The lowest BCUT2D eigenvalue weighted by Gasteiger charge is -2.21. The van der Waals surface area contributed by atoms with Gasteiger partial charge in [-0.2, -0.15) is 0 Å². The summed E-state index contributed by atoms with van der Waals surface area (Å²) in [4.78, 5) is 17.9. The topological polar surface area (TPSA) is 78.6 Å². The van der Waals surface area contributed by atoms with Gasteiger partial charge in [0, 0.05) is 16.1 Å². The number of esters is 1. The maximum atomic E-state index is 12.8. The zero-order valence-electron chi connectivity index (χ0n) is 18.5. The Bertz CT molecular complexity index is 1170. The van der Waals surface area contributed by atoms with Crippen LogP contribution in [0.5, 0.6) is 5.75 Å². The van der Waals surface area contributed by atoms with Crippen LogP contribution in [0.25, 0.3) is 5.69 Å². The molecular formula is C24H25ClN4O3. The summed E-state index contributed by atoms with van der Waals surface area (Å²) in [5, 5.41) is 9.39. The molecule has 3 aromatic rings. The molecule has 0 radical (unpaired) electrons. The van der Waals surface area contributed by atoms with Gasteiger partial charge >= 0.3 is 5.97 Å². The van der Waals surface area contributed by atoms with Crippen LogP contribution in [-0.4, -0.2) is 40.7 Å². The van der Waals surface area contributed by atoms with Gasteiger partial charge in [-0.25, -0.2) is 0 Å². The molecule has 0 saturated carbocycles. The number of hydrogen-bond donors (Lipinski definition) is 0. The van der Waals surface area contributed by atoms with E-state index in [1.165, 1.54) is 7.11 Å². The van der Waals surface area contributed by atoms with E-state index in [0.29, 0.717) is 28.8 Å². The Morgan fingerprint density at radius 2 is 1.91 bits per heavy atom. The second-order valence-electron chi connectivity index (χ2n) is 7.67. The monoisotopic (exact) mass is 452 g/mol. The van der Waals surface area contributed by atoms with Crippen LogP contribution in [-0.2, 0) is 9.53 Å². The second kappa shape index (κ2) is 9.12. The lowest BCUT2D eigenvalue weighted by atomic mass is 9.94. The predicted molar refractivity (Wildman–Crippen MR) is 123 cm³/mol. The average molecular weight is 453 g/mol. The fourth-order valence-corrected chi connectivity index (χ4v) is 4.26. The van der Waals surface area contributed by atoms with E-state index in [-0.39, 0.29) is 5.97 Å². The fraction of sp³-hybridized carbons (Fsp3) is 0.333. The summed E-state index contributed by atoms with van der Waals surface area (Å²) in [5.41, 5.74) is 3.35. The number of methoxy groups -OCH3 is 2. The summed E-state index contributed by atoms with van der Waals surface area (Å²) < 4.78 is 12.6. The molecule has 0 saturated heterocycles. The molecule has 166 valence electrons. The number of aromatic nitrogens is 3. The average Bonchev–Trinajstić information content (AvgIpc) is 3.12. The van der Waals surface area contributed by atoms with Crippen LogP contribution >= 0.6 is 11.6 Å². The molecule has 2 atom stereocenters. The Hall–Kier alpha value is -3.19. The van der Waals surface area contributed by atoms with Crippen molar-refractivity contribution in [1.29, 1.82) is 0 Å². The highest BCUT2D eigenvalue weighted by Gasteiger charge is 2.37. The summed E-state index contributed by atoms with van der Waals surface area (Å²) in [5.74, 6) is 1.22. The highest BCUT2D eigenvalue weighted by molar-refractivity contribution is 6.30. The molecule has 0 amide bonds. The minimum Gasteiger partial charge on any atom is -0.497 e. The van der Waals surface area contributed by atoms with Gasteiger partial charge in [-0.15, -0.1) is 10.2 Å². The first kappa shape index (κ1) is 22.0. The molecule has 8 heteroatoms. The molecule has 0 N–H and O–H groups in total. The number of rotatable bonds is 6. The Morgan fingerprint density at radius 3 is 2.56 bits per heavy atom. The predicted octanol–water partition coefficient (Wildman–Crippen LogP) is 4.72. The number of aryl methyl sites for hydroxylation is 1. The first-order valence-corrected chi connectivity index (χ1v) is 10.9. The summed E-state index contributed by atoms with van der Waals surface area (Å²) in [6.45, 7) is 3.92. The number of fused-ring (bicyclic) bond motifs is 3. The summed E-state index contributed by atoms with van der Waals surface area (Å²) in [6, 6.07) is 12.7. The Balaban J connectivity index is 2.03. The van der Waals surface area contributed by atoms with Crippen molar-refractivity contribution in [3.8, 4) is 11.4 Å². The molecule has 1 aromatic heterocycles. The number of aliphatic imine (C=N–C) groups is 1. The van der Waals surface area contributed by atoms with Gasteiger partial charge in [-0.3, -0.25) is 14.4 Å². The zero-order valence-corrected chi connectivity index (χ0v) is 19.3. The smallest absolute Gasteiger partial charge is 0.311 e. The summed E-state index contributed by atoms with van der Waals surface area (Å²) >= 11 is 6.14. The Labute approximate surface area is 192 Å². The van der Waals surface area contributed by atoms with Crippen LogP contribution in [0.4, 0.5) is 0 Å². The third kappa shape index (κ3) is 3.88. The van der Waals surface area contributed by atoms with Crippen molar-refractivity contribution in [2.75, 3.05) is 14.2 Å². The molecule has 2 aromatic carbocycles. The van der Waals surface area contributed by atoms with E-state index in [2.05, 4.69) is 10.2 Å². The van der Waals surface area contributed by atoms with Gasteiger partial charge in [0.05, 0.1) is 31.5 Å². The zero-order chi connectivity index (χ0) is 22.8. The van der Waals surface area contributed by atoms with Crippen molar-refractivity contribution in [3.05, 3.63) is 70.3 Å². The van der Waals surface area contributed by atoms with Gasteiger partial charge in [0.1, 0.15) is 17.6 Å². The second-order valence-corrected chi connectivity index (χ2v) is 8.11. The third-order valence-corrected chi connectivity index (χ3v) is 5.94. The van der Waals surface area contributed by atoms with Crippen LogP contribution in [0, 0.1) is 12.8 Å². The van der Waals surface area contributed by atoms with Crippen LogP contribution in [0.15, 0.2) is 47.5 Å². The molecule has 32 heavy (non-hydrogen) atoms. The molecule has 4 rings (SSSR count). The Morgan fingerprint density at radius 1 is 1.16 bits per heavy atom. The number of benzene rings is 2. The van der Waals surface area contributed by atoms with Crippen molar-refractivity contribution < 1.29 is 14.3 Å². The standard InChI is InChI=1S/C24H25ClN4O3/c1-5-6-18(24(30)32-4)22-23-28-27-14(2)29(23)20-12-11-17(31-3)13-19(20)21(26-22)15-7-9-16(25)10-8-15/h7-13,18,22H,5-6H2,1-4H3/t18-,22+/m1/s1. The van der Waals surface area contributed by atoms with Gasteiger partial charge in [-0.1, -0.05) is 37.1 Å². The van der Waals surface area contributed by atoms with Crippen LogP contribution in [0.3, 0.4) is 0 Å². The van der Waals surface area contributed by atoms with E-state index in [4.69, 9.17) is 26.1 Å². The number of hydrogen-bond acceptors (Lipinski definition) is 6. The van der Waals surface area contributed by atoms with Gasteiger partial charge in [-0.05, 0) is 43.7 Å². The van der Waals surface area contributed by atoms with Crippen LogP contribution < -0.4 is 4.74 Å². The van der Waals surface area contributed by atoms with Gasteiger partial charge in [0.15, 0.2) is 5.82 Å². The first-order chi connectivity index (χ1) is 15.5. The van der Waals surface area contributed by atoms with E-state index >= 15 is 0 Å². The molecule has 0 unspecified atom stereocenters. The molecule has 2 heterocycles. The molecule has 1 aliphatic heterocycles. The summed E-state index contributed by atoms with van der Waals surface area (Å²) in [6.07, 6.45) is 1.41. The van der Waals surface area contributed by atoms with Gasteiger partial charge < -0.3 is 9.47 Å². The number of ether oxygens (including phenoxy) is 2. The largest absolute Gasteiger partial charge is 0.497 e. The minimum absolute atomic E-state index is 0.313. The molecule has 0 bridgehead atoms. The van der Waals surface area contributed by atoms with Crippen LogP contribution in [0.2, 0.25) is 5.02 Å². The van der Waals surface area contributed by atoms with E-state index < -0.39 is 12.0 Å². The number of halogens is 1. The molecule has 1 aliphatic rings. The van der Waals surface area contributed by atoms with Crippen molar-refractivity contribution >= 4 is 23.3 Å². The molecular weight excluding hydrogens is 428 g/mol. The van der Waals surface area contributed by atoms with Gasteiger partial charge in [0.2, 0.25) is 0 Å². The van der Waals surface area contributed by atoms with Crippen molar-refractivity contribution in [3.63, 3.8) is 0 Å². The molecule has 0 fully saturated rings. The number of carbonyl (C=O) groups excluding carboxylic acids is 1. The lowest BCUT2D eigenvalue weighted by Crippen LogP contribution is -2.25. The molecule has 7 nitrogen and oxygen atoms in total. The van der Waals surface area contributed by atoms with E-state index in [9.17, 15) is 4.79 Å². The molecule has 0 spiro atoms. The SMILES string of the molecule is CCC[C@@H](C(=O)OC)[C@@H]1N=C(c2ccc(Cl)cc2)c2cc(OC)ccc2-n2c(C)nnc21. The highest BCUT2D eigenvalue weighted by atomic mass is 35.5. The highest BCUT2D eigenvalue weighted by Crippen LogP contribution is 2.38. The minimum atomic E-state index is -0.562. The van der Waals surface area contributed by atoms with E-state index in [1.54, 1.807) is 7.11 Å². The number of nitrogens with zero attached hydrogens (tertiary/aromatic N) is 4. The fourth-order valence-electron chi connectivity index (χ4n) is 4.14. The van der Waals surface area contributed by atoms with Gasteiger partial charge in [0.25, 0.3) is 0 Å². The summed E-state index contributed by atoms with van der Waals surface area (Å²) in [7, 11) is 3.03. The van der Waals surface area contributed by atoms with Crippen molar-refractivity contribution in [2.45, 2.75) is 32.7 Å². The van der Waals surface area contributed by atoms with Crippen molar-refractivity contribution in [1.82, 2.24) is 14.8 Å². The van der Waals surface area contributed by atoms with E-state index in [1.807, 2.05) is 60.9 Å². The third-order valence-electron chi connectivity index (χ3n) is 5.68.